The number of rotatable bonds is 4. The molecule has 4 heteroatoms. The molecule has 98 valence electrons. The van der Waals surface area contributed by atoms with Gasteiger partial charge in [-0.15, -0.1) is 0 Å². The molecule has 3 rings (SSSR count). The molecule has 1 aliphatic rings. The minimum absolute atomic E-state index is 0.153. The number of Topliss-reactive ketones (excluding diaryl/α,β-unsaturated/α-hetero) is 1. The average molecular weight is 255 g/mol. The molecule has 19 heavy (non-hydrogen) atoms. The van der Waals surface area contributed by atoms with E-state index in [1.54, 1.807) is 16.9 Å². The zero-order valence-electron chi connectivity index (χ0n) is 10.7. The lowest BCUT2D eigenvalue weighted by molar-refractivity contribution is 0.0964. The van der Waals surface area contributed by atoms with Gasteiger partial charge in [0.05, 0.1) is 11.9 Å². The van der Waals surface area contributed by atoms with Crippen LogP contribution in [0.15, 0.2) is 42.6 Å². The van der Waals surface area contributed by atoms with E-state index in [1.165, 1.54) is 0 Å². The second kappa shape index (κ2) is 5.36. The first-order valence-electron chi connectivity index (χ1n) is 6.70. The van der Waals surface area contributed by atoms with Crippen molar-refractivity contribution >= 4 is 5.78 Å². The van der Waals surface area contributed by atoms with Crippen LogP contribution < -0.4 is 5.32 Å². The second-order valence-corrected chi connectivity index (χ2v) is 4.88. The maximum Gasteiger partial charge on any atom is 0.182 e. The smallest absolute Gasteiger partial charge is 0.182 e. The van der Waals surface area contributed by atoms with Crippen LogP contribution in [-0.4, -0.2) is 28.2 Å². The Morgan fingerprint density at radius 3 is 2.89 bits per heavy atom. The van der Waals surface area contributed by atoms with E-state index in [-0.39, 0.29) is 5.78 Å². The van der Waals surface area contributed by atoms with Gasteiger partial charge in [0.2, 0.25) is 0 Å². The lowest BCUT2D eigenvalue weighted by Crippen LogP contribution is -2.25. The Kier molecular flexibility index (Phi) is 3.42. The Hall–Kier alpha value is -1.94. The Morgan fingerprint density at radius 2 is 2.16 bits per heavy atom. The number of carbonyl (C=O) groups excluding carboxylic acids is 1. The van der Waals surface area contributed by atoms with Crippen molar-refractivity contribution in [3.8, 4) is 5.69 Å². The molecule has 1 atom stereocenters. The van der Waals surface area contributed by atoms with E-state index >= 15 is 0 Å². The molecule has 0 radical (unpaired) electrons. The van der Waals surface area contributed by atoms with Crippen LogP contribution in [0.5, 0.6) is 0 Å². The number of nitrogens with zero attached hydrogens (tertiary/aromatic N) is 2. The van der Waals surface area contributed by atoms with Crippen molar-refractivity contribution in [1.29, 1.82) is 0 Å². The number of nitrogens with one attached hydrogen (secondary N) is 1. The zero-order chi connectivity index (χ0) is 13.1. The van der Waals surface area contributed by atoms with Gasteiger partial charge >= 0.3 is 0 Å². The summed E-state index contributed by atoms with van der Waals surface area (Å²) in [4.78, 5) is 12.4. The van der Waals surface area contributed by atoms with Crippen molar-refractivity contribution < 1.29 is 4.79 Å². The van der Waals surface area contributed by atoms with E-state index in [9.17, 15) is 4.79 Å². The van der Waals surface area contributed by atoms with E-state index in [4.69, 9.17) is 0 Å². The summed E-state index contributed by atoms with van der Waals surface area (Å²) in [6.07, 6.45) is 4.49. The minimum Gasteiger partial charge on any atom is -0.314 e. The molecule has 0 spiro atoms. The minimum atomic E-state index is 0.153. The summed E-state index contributed by atoms with van der Waals surface area (Å²) >= 11 is 0. The average Bonchev–Trinajstić information content (AvgIpc) is 3.10. The fraction of sp³-hybridized carbons (Fsp3) is 0.333. The zero-order valence-corrected chi connectivity index (χ0v) is 10.7. The van der Waals surface area contributed by atoms with Crippen LogP contribution >= 0.6 is 0 Å². The Bertz CT molecular complexity index is 556. The summed E-state index contributed by atoms with van der Waals surface area (Å²) in [6, 6.07) is 11.9. The van der Waals surface area contributed by atoms with Crippen LogP contribution in [-0.2, 0) is 0 Å². The predicted octanol–water partition coefficient (Wildman–Crippen LogP) is 2.20. The van der Waals surface area contributed by atoms with E-state index in [1.807, 2.05) is 30.3 Å². The molecule has 0 bridgehead atoms. The third-order valence-electron chi connectivity index (χ3n) is 3.52. The lowest BCUT2D eigenvalue weighted by Gasteiger charge is -2.10. The molecule has 0 amide bonds. The molecule has 1 saturated heterocycles. The molecule has 1 aliphatic heterocycles. The van der Waals surface area contributed by atoms with Gasteiger partial charge in [-0.3, -0.25) is 4.79 Å². The molecular weight excluding hydrogens is 238 g/mol. The topological polar surface area (TPSA) is 46.9 Å². The monoisotopic (exact) mass is 255 g/mol. The molecule has 2 heterocycles. The van der Waals surface area contributed by atoms with Crippen molar-refractivity contribution in [1.82, 2.24) is 15.1 Å². The third-order valence-corrected chi connectivity index (χ3v) is 3.52. The maximum absolute atomic E-state index is 12.4. The van der Waals surface area contributed by atoms with Gasteiger partial charge in [0.1, 0.15) is 5.69 Å². The third kappa shape index (κ3) is 2.58. The highest BCUT2D eigenvalue weighted by molar-refractivity contribution is 5.95. The highest BCUT2D eigenvalue weighted by Crippen LogP contribution is 2.15. The molecule has 0 aliphatic carbocycles. The number of hydrogen-bond acceptors (Lipinski definition) is 3. The van der Waals surface area contributed by atoms with E-state index < -0.39 is 0 Å². The number of carbonyl (C=O) groups is 1. The molecule has 4 nitrogen and oxygen atoms in total. The molecule has 1 aromatic carbocycles. The van der Waals surface area contributed by atoms with Gasteiger partial charge in [-0.2, -0.15) is 5.10 Å². The number of benzene rings is 1. The lowest BCUT2D eigenvalue weighted by atomic mass is 10.1. The molecule has 1 unspecified atom stereocenters. The first kappa shape index (κ1) is 12.1. The number of aromatic nitrogens is 2. The van der Waals surface area contributed by atoms with Crippen molar-refractivity contribution in [2.75, 3.05) is 6.54 Å². The van der Waals surface area contributed by atoms with Crippen LogP contribution in [0.25, 0.3) is 5.69 Å². The van der Waals surface area contributed by atoms with Gasteiger partial charge in [-0.1, -0.05) is 18.2 Å². The van der Waals surface area contributed by atoms with Gasteiger partial charge in [-0.05, 0) is 37.6 Å². The van der Waals surface area contributed by atoms with E-state index in [2.05, 4.69) is 10.4 Å². The van der Waals surface area contributed by atoms with Crippen LogP contribution in [0, 0.1) is 0 Å². The number of hydrogen-bond donors (Lipinski definition) is 1. The SMILES string of the molecule is O=C(CC1CCCN1)c1ccnn1-c1ccccc1. The predicted molar refractivity (Wildman–Crippen MR) is 73.5 cm³/mol. The Morgan fingerprint density at radius 1 is 1.32 bits per heavy atom. The van der Waals surface area contributed by atoms with Gasteiger partial charge < -0.3 is 5.32 Å². The summed E-state index contributed by atoms with van der Waals surface area (Å²) < 4.78 is 1.72. The fourth-order valence-electron chi connectivity index (χ4n) is 2.55. The standard InChI is InChI=1S/C15H17N3O/c19-15(11-12-5-4-9-16-12)14-8-10-17-18(14)13-6-2-1-3-7-13/h1-3,6-8,10,12,16H,4-5,9,11H2. The molecule has 2 aromatic rings. The maximum atomic E-state index is 12.4. The van der Waals surface area contributed by atoms with Crippen LogP contribution in [0.4, 0.5) is 0 Å². The first-order valence-corrected chi connectivity index (χ1v) is 6.70. The number of para-hydroxylation sites is 1. The van der Waals surface area contributed by atoms with Crippen molar-refractivity contribution in [2.45, 2.75) is 25.3 Å². The summed E-state index contributed by atoms with van der Waals surface area (Å²) in [6.45, 7) is 1.02. The molecule has 1 fully saturated rings. The molecule has 1 N–H and O–H groups in total. The fourth-order valence-corrected chi connectivity index (χ4v) is 2.55. The summed E-state index contributed by atoms with van der Waals surface area (Å²) in [5.41, 5.74) is 1.59. The van der Waals surface area contributed by atoms with Gasteiger partial charge in [-0.25, -0.2) is 4.68 Å². The highest BCUT2D eigenvalue weighted by atomic mass is 16.1. The second-order valence-electron chi connectivity index (χ2n) is 4.88. The normalized spacial score (nSPS) is 18.6. The largest absolute Gasteiger partial charge is 0.314 e. The molecular formula is C15H17N3O. The molecule has 1 aromatic heterocycles. The highest BCUT2D eigenvalue weighted by Gasteiger charge is 2.21. The number of ketones is 1. The summed E-state index contributed by atoms with van der Waals surface area (Å²) in [5.74, 6) is 0.153. The van der Waals surface area contributed by atoms with E-state index in [0.29, 0.717) is 18.2 Å². The van der Waals surface area contributed by atoms with Gasteiger partial charge in [0, 0.05) is 12.5 Å². The molecule has 0 saturated carbocycles. The van der Waals surface area contributed by atoms with Gasteiger partial charge in [0.15, 0.2) is 5.78 Å². The first-order chi connectivity index (χ1) is 9.34. The van der Waals surface area contributed by atoms with Crippen LogP contribution in [0.3, 0.4) is 0 Å². The van der Waals surface area contributed by atoms with Crippen molar-refractivity contribution in [2.24, 2.45) is 0 Å². The van der Waals surface area contributed by atoms with Gasteiger partial charge in [0.25, 0.3) is 0 Å². The Balaban J connectivity index is 1.81. The van der Waals surface area contributed by atoms with Crippen molar-refractivity contribution in [3.63, 3.8) is 0 Å². The van der Waals surface area contributed by atoms with E-state index in [0.717, 1.165) is 25.1 Å². The summed E-state index contributed by atoms with van der Waals surface area (Å²) in [5, 5.41) is 7.62. The Labute approximate surface area is 112 Å². The van der Waals surface area contributed by atoms with Crippen LogP contribution in [0.2, 0.25) is 0 Å². The van der Waals surface area contributed by atoms with Crippen LogP contribution in [0.1, 0.15) is 29.8 Å². The quantitative estimate of drug-likeness (QED) is 0.852. The van der Waals surface area contributed by atoms with Crippen molar-refractivity contribution in [3.05, 3.63) is 48.3 Å². The summed E-state index contributed by atoms with van der Waals surface area (Å²) in [7, 11) is 0.